The lowest BCUT2D eigenvalue weighted by atomic mass is 10.2. The Labute approximate surface area is 172 Å². The molecule has 2 aromatic heterocycles. The van der Waals surface area contributed by atoms with Crippen molar-refractivity contribution in [1.82, 2.24) is 19.7 Å². The molecule has 0 aliphatic carbocycles. The van der Waals surface area contributed by atoms with Gasteiger partial charge in [-0.1, -0.05) is 35.5 Å². The van der Waals surface area contributed by atoms with Gasteiger partial charge in [-0.15, -0.1) is 10.2 Å². The molecule has 0 saturated carbocycles. The molecule has 5 nitrogen and oxygen atoms in total. The van der Waals surface area contributed by atoms with Gasteiger partial charge in [0.15, 0.2) is 11.0 Å². The van der Waals surface area contributed by atoms with Crippen LogP contribution in [-0.2, 0) is 5.75 Å². The van der Waals surface area contributed by atoms with Crippen LogP contribution in [0.2, 0.25) is 5.02 Å². The average Bonchev–Trinajstić information content (AvgIpc) is 3.17. The molecule has 0 unspecified atom stereocenters. The van der Waals surface area contributed by atoms with Crippen LogP contribution in [0.4, 0.5) is 0 Å². The number of nitrogens with zero attached hydrogens (tertiary/aromatic N) is 4. The third-order valence-corrected chi connectivity index (χ3v) is 5.39. The fourth-order valence-electron chi connectivity index (χ4n) is 2.78. The highest BCUT2D eigenvalue weighted by Gasteiger charge is 2.16. The predicted octanol–water partition coefficient (Wildman–Crippen LogP) is 5.28. The first-order valence-corrected chi connectivity index (χ1v) is 9.98. The molecule has 0 N–H and O–H groups in total. The molecule has 4 rings (SSSR count). The molecule has 0 aliphatic heterocycles. The topological polar surface area (TPSA) is 52.8 Å². The SMILES string of the molecule is COc1cccc(CSc2nnc(-c3cccnc3)n2-c2ccc(Cl)cc2)c1. The largest absolute Gasteiger partial charge is 0.497 e. The van der Waals surface area contributed by atoms with E-state index in [4.69, 9.17) is 16.3 Å². The van der Waals surface area contributed by atoms with Gasteiger partial charge >= 0.3 is 0 Å². The maximum absolute atomic E-state index is 6.07. The third-order valence-electron chi connectivity index (χ3n) is 4.14. The Balaban J connectivity index is 1.70. The van der Waals surface area contributed by atoms with E-state index in [1.54, 1.807) is 31.3 Å². The quantitative estimate of drug-likeness (QED) is 0.406. The van der Waals surface area contributed by atoms with Gasteiger partial charge in [-0.25, -0.2) is 0 Å². The molecule has 0 radical (unpaired) electrons. The van der Waals surface area contributed by atoms with Gasteiger partial charge in [0.05, 0.1) is 7.11 Å². The Morgan fingerprint density at radius 1 is 1.04 bits per heavy atom. The molecule has 0 amide bonds. The van der Waals surface area contributed by atoms with Crippen LogP contribution in [0.15, 0.2) is 78.2 Å². The van der Waals surface area contributed by atoms with Crippen molar-refractivity contribution < 1.29 is 4.74 Å². The number of hydrogen-bond acceptors (Lipinski definition) is 5. The van der Waals surface area contributed by atoms with Crippen molar-refractivity contribution in [3.05, 3.63) is 83.6 Å². The molecule has 0 atom stereocenters. The highest BCUT2D eigenvalue weighted by atomic mass is 35.5. The molecule has 140 valence electrons. The lowest BCUT2D eigenvalue weighted by molar-refractivity contribution is 0.414. The molecule has 2 heterocycles. The van der Waals surface area contributed by atoms with E-state index in [1.165, 1.54) is 0 Å². The van der Waals surface area contributed by atoms with Crippen LogP contribution in [-0.4, -0.2) is 26.9 Å². The summed E-state index contributed by atoms with van der Waals surface area (Å²) >= 11 is 7.69. The van der Waals surface area contributed by atoms with E-state index in [2.05, 4.69) is 21.2 Å². The van der Waals surface area contributed by atoms with Crippen molar-refractivity contribution in [1.29, 1.82) is 0 Å². The Morgan fingerprint density at radius 3 is 2.64 bits per heavy atom. The second-order valence-corrected chi connectivity index (χ2v) is 7.38. The summed E-state index contributed by atoms with van der Waals surface area (Å²) in [6.45, 7) is 0. The molecular weight excluding hydrogens is 392 g/mol. The van der Waals surface area contributed by atoms with Crippen LogP contribution in [0.3, 0.4) is 0 Å². The number of methoxy groups -OCH3 is 1. The van der Waals surface area contributed by atoms with Crippen molar-refractivity contribution in [3.8, 4) is 22.8 Å². The maximum Gasteiger partial charge on any atom is 0.196 e. The van der Waals surface area contributed by atoms with Crippen LogP contribution in [0.5, 0.6) is 5.75 Å². The van der Waals surface area contributed by atoms with Crippen molar-refractivity contribution >= 4 is 23.4 Å². The van der Waals surface area contributed by atoms with Crippen LogP contribution in [0.1, 0.15) is 5.56 Å². The van der Waals surface area contributed by atoms with Crippen LogP contribution >= 0.6 is 23.4 Å². The summed E-state index contributed by atoms with van der Waals surface area (Å²) < 4.78 is 7.34. The standard InChI is InChI=1S/C21H17ClN4OS/c1-27-19-6-2-4-15(12-19)14-28-21-25-24-20(16-5-3-11-23-13-16)26(21)18-9-7-17(22)8-10-18/h2-13H,14H2,1H3. The summed E-state index contributed by atoms with van der Waals surface area (Å²) in [7, 11) is 1.67. The zero-order chi connectivity index (χ0) is 19.3. The summed E-state index contributed by atoms with van der Waals surface area (Å²) in [6, 6.07) is 19.5. The van der Waals surface area contributed by atoms with Crippen molar-refractivity contribution in [2.75, 3.05) is 7.11 Å². The molecule has 0 saturated heterocycles. The van der Waals surface area contributed by atoms with Crippen molar-refractivity contribution in [2.45, 2.75) is 10.9 Å². The Kier molecular flexibility index (Phi) is 5.60. The number of aromatic nitrogens is 4. The second-order valence-electron chi connectivity index (χ2n) is 6.00. The van der Waals surface area contributed by atoms with Crippen LogP contribution < -0.4 is 4.74 Å². The van der Waals surface area contributed by atoms with Crippen molar-refractivity contribution in [2.24, 2.45) is 0 Å². The summed E-state index contributed by atoms with van der Waals surface area (Å²) in [5.41, 5.74) is 3.00. The summed E-state index contributed by atoms with van der Waals surface area (Å²) in [6.07, 6.45) is 3.53. The average molecular weight is 409 g/mol. The van der Waals surface area contributed by atoms with E-state index in [-0.39, 0.29) is 0 Å². The lowest BCUT2D eigenvalue weighted by Crippen LogP contribution is -2.00. The summed E-state index contributed by atoms with van der Waals surface area (Å²) in [5, 5.41) is 10.3. The molecule has 4 aromatic rings. The highest BCUT2D eigenvalue weighted by Crippen LogP contribution is 2.30. The molecule has 2 aromatic carbocycles. The molecule has 0 fully saturated rings. The Hall–Kier alpha value is -2.83. The second kappa shape index (κ2) is 8.46. The zero-order valence-corrected chi connectivity index (χ0v) is 16.7. The summed E-state index contributed by atoms with van der Waals surface area (Å²) in [4.78, 5) is 4.21. The number of rotatable bonds is 6. The van der Waals surface area contributed by atoms with Gasteiger partial charge in [0, 0.05) is 34.4 Å². The van der Waals surface area contributed by atoms with Crippen LogP contribution in [0, 0.1) is 0 Å². The minimum atomic E-state index is 0.685. The predicted molar refractivity (Wildman–Crippen MR) is 112 cm³/mol. The summed E-state index contributed by atoms with van der Waals surface area (Å²) in [5.74, 6) is 2.33. The number of ether oxygens (including phenoxy) is 1. The number of thioether (sulfide) groups is 1. The van der Waals surface area contributed by atoms with E-state index < -0.39 is 0 Å². The first-order valence-electron chi connectivity index (χ1n) is 8.62. The number of halogens is 1. The molecule has 7 heteroatoms. The third kappa shape index (κ3) is 4.03. The minimum Gasteiger partial charge on any atom is -0.497 e. The van der Waals surface area contributed by atoms with E-state index in [0.29, 0.717) is 5.02 Å². The molecule has 0 bridgehead atoms. The monoisotopic (exact) mass is 408 g/mol. The molecular formula is C21H17ClN4OS. The van der Waals surface area contributed by atoms with Crippen LogP contribution in [0.25, 0.3) is 17.1 Å². The molecule has 0 aliphatic rings. The maximum atomic E-state index is 6.07. The highest BCUT2D eigenvalue weighted by molar-refractivity contribution is 7.98. The zero-order valence-electron chi connectivity index (χ0n) is 15.1. The van der Waals surface area contributed by atoms with Gasteiger partial charge in [0.1, 0.15) is 5.75 Å². The lowest BCUT2D eigenvalue weighted by Gasteiger charge is -2.10. The minimum absolute atomic E-state index is 0.685. The van der Waals surface area contributed by atoms with Crippen molar-refractivity contribution in [3.63, 3.8) is 0 Å². The van der Waals surface area contributed by atoms with Gasteiger partial charge < -0.3 is 4.74 Å². The van der Waals surface area contributed by atoms with Gasteiger partial charge in [-0.05, 0) is 54.1 Å². The first-order chi connectivity index (χ1) is 13.7. The smallest absolute Gasteiger partial charge is 0.196 e. The number of benzene rings is 2. The first kappa shape index (κ1) is 18.5. The molecule has 0 spiro atoms. The number of pyridine rings is 1. The van der Waals surface area contributed by atoms with Gasteiger partial charge in [-0.2, -0.15) is 0 Å². The van der Waals surface area contributed by atoms with Gasteiger partial charge in [-0.3, -0.25) is 9.55 Å². The number of hydrogen-bond donors (Lipinski definition) is 0. The van der Waals surface area contributed by atoms with Gasteiger partial charge in [0.2, 0.25) is 0 Å². The Bertz CT molecular complexity index is 1070. The fraction of sp³-hybridized carbons (Fsp3) is 0.0952. The normalized spacial score (nSPS) is 10.8. The van der Waals surface area contributed by atoms with Gasteiger partial charge in [0.25, 0.3) is 0 Å². The van der Waals surface area contributed by atoms with E-state index in [1.807, 2.05) is 59.2 Å². The van der Waals surface area contributed by atoms with E-state index >= 15 is 0 Å². The van der Waals surface area contributed by atoms with E-state index in [9.17, 15) is 0 Å². The van der Waals surface area contributed by atoms with E-state index in [0.717, 1.165) is 39.3 Å². The Morgan fingerprint density at radius 2 is 1.89 bits per heavy atom. The fourth-order valence-corrected chi connectivity index (χ4v) is 3.80. The molecule has 28 heavy (non-hydrogen) atoms.